The number of pyridine rings is 1. The van der Waals surface area contributed by atoms with E-state index < -0.39 is 23.6 Å². The van der Waals surface area contributed by atoms with Gasteiger partial charge >= 0.3 is 5.97 Å². The van der Waals surface area contributed by atoms with Crippen molar-refractivity contribution in [3.63, 3.8) is 0 Å². The number of rotatable bonds is 6. The molecule has 1 unspecified atom stereocenters. The van der Waals surface area contributed by atoms with Gasteiger partial charge in [0.1, 0.15) is 5.82 Å². The molecule has 25 heavy (non-hydrogen) atoms. The standard InChI is InChI=1S/C18H18ClFN2O3/c1-12(18(24)25-2)10-22(11-13-5-4-8-21-9-13)17(23)16-14(19)6-3-7-15(16)20/h3-9,12H,10-11H2,1-2H3. The highest BCUT2D eigenvalue weighted by molar-refractivity contribution is 6.33. The van der Waals surface area contributed by atoms with Crippen LogP contribution in [0.1, 0.15) is 22.8 Å². The zero-order valence-corrected chi connectivity index (χ0v) is 14.7. The highest BCUT2D eigenvalue weighted by Gasteiger charge is 2.26. The van der Waals surface area contributed by atoms with Crippen LogP contribution in [0, 0.1) is 11.7 Å². The SMILES string of the molecule is COC(=O)C(C)CN(Cc1cccnc1)C(=O)c1c(F)cccc1Cl. The first kappa shape index (κ1) is 18.9. The van der Waals surface area contributed by atoms with Gasteiger partial charge in [-0.25, -0.2) is 4.39 Å². The molecule has 2 aromatic rings. The number of amides is 1. The summed E-state index contributed by atoms with van der Waals surface area (Å²) in [6, 6.07) is 7.57. The lowest BCUT2D eigenvalue weighted by molar-refractivity contribution is -0.145. The van der Waals surface area contributed by atoms with Crippen molar-refractivity contribution in [2.24, 2.45) is 5.92 Å². The van der Waals surface area contributed by atoms with Crippen LogP contribution in [0.4, 0.5) is 4.39 Å². The second-order valence-corrected chi connectivity index (χ2v) is 5.98. The highest BCUT2D eigenvalue weighted by atomic mass is 35.5. The van der Waals surface area contributed by atoms with Crippen LogP contribution in [0.3, 0.4) is 0 Å². The molecule has 132 valence electrons. The Balaban J connectivity index is 2.33. The molecule has 0 aliphatic heterocycles. The molecule has 1 aromatic heterocycles. The molecule has 0 fully saturated rings. The Morgan fingerprint density at radius 1 is 1.32 bits per heavy atom. The second-order valence-electron chi connectivity index (χ2n) is 5.57. The number of ether oxygens (including phenoxy) is 1. The molecule has 0 saturated heterocycles. The lowest BCUT2D eigenvalue weighted by atomic mass is 10.1. The van der Waals surface area contributed by atoms with Crippen molar-refractivity contribution in [3.05, 3.63) is 64.7 Å². The molecular formula is C18H18ClFN2O3. The maximum absolute atomic E-state index is 14.1. The number of nitrogens with zero attached hydrogens (tertiary/aromatic N) is 2. The van der Waals surface area contributed by atoms with Crippen LogP contribution in [-0.2, 0) is 16.1 Å². The maximum Gasteiger partial charge on any atom is 0.310 e. The third-order valence-corrected chi connectivity index (χ3v) is 3.97. The van der Waals surface area contributed by atoms with E-state index >= 15 is 0 Å². The van der Waals surface area contributed by atoms with Crippen molar-refractivity contribution in [3.8, 4) is 0 Å². The van der Waals surface area contributed by atoms with Crippen molar-refractivity contribution in [2.45, 2.75) is 13.5 Å². The Hall–Kier alpha value is -2.47. The van der Waals surface area contributed by atoms with Gasteiger partial charge in [-0.1, -0.05) is 30.7 Å². The van der Waals surface area contributed by atoms with Crippen molar-refractivity contribution in [2.75, 3.05) is 13.7 Å². The van der Waals surface area contributed by atoms with Gasteiger partial charge in [-0.05, 0) is 23.8 Å². The van der Waals surface area contributed by atoms with E-state index in [1.165, 1.54) is 30.2 Å². The molecule has 1 amide bonds. The monoisotopic (exact) mass is 364 g/mol. The lowest BCUT2D eigenvalue weighted by Crippen LogP contribution is -2.37. The minimum absolute atomic E-state index is 0.0203. The molecule has 1 heterocycles. The Bertz CT molecular complexity index is 735. The van der Waals surface area contributed by atoms with Crippen LogP contribution >= 0.6 is 11.6 Å². The van der Waals surface area contributed by atoms with E-state index in [0.29, 0.717) is 0 Å². The topological polar surface area (TPSA) is 59.5 Å². The van der Waals surface area contributed by atoms with Crippen LogP contribution in [0.5, 0.6) is 0 Å². The fourth-order valence-electron chi connectivity index (χ4n) is 2.40. The molecule has 0 bridgehead atoms. The number of carbonyl (C=O) groups excluding carboxylic acids is 2. The quantitative estimate of drug-likeness (QED) is 0.738. The predicted molar refractivity (Wildman–Crippen MR) is 91.6 cm³/mol. The molecule has 1 atom stereocenters. The van der Waals surface area contributed by atoms with Crippen molar-refractivity contribution in [1.29, 1.82) is 0 Å². The molecule has 0 saturated carbocycles. The minimum atomic E-state index is -0.709. The molecule has 0 spiro atoms. The summed E-state index contributed by atoms with van der Waals surface area (Å²) in [5.74, 6) is -2.33. The van der Waals surface area contributed by atoms with Gasteiger partial charge < -0.3 is 9.64 Å². The summed E-state index contributed by atoms with van der Waals surface area (Å²) < 4.78 is 18.8. The van der Waals surface area contributed by atoms with E-state index in [2.05, 4.69) is 4.98 Å². The number of esters is 1. The first-order chi connectivity index (χ1) is 11.9. The van der Waals surface area contributed by atoms with Crippen molar-refractivity contribution >= 4 is 23.5 Å². The van der Waals surface area contributed by atoms with Crippen LogP contribution in [0.2, 0.25) is 5.02 Å². The van der Waals surface area contributed by atoms with E-state index in [9.17, 15) is 14.0 Å². The summed E-state index contributed by atoms with van der Waals surface area (Å²) >= 11 is 6.01. The fraction of sp³-hybridized carbons (Fsp3) is 0.278. The molecule has 7 heteroatoms. The smallest absolute Gasteiger partial charge is 0.310 e. The number of benzene rings is 1. The average molecular weight is 365 g/mol. The first-order valence-corrected chi connectivity index (χ1v) is 8.01. The van der Waals surface area contributed by atoms with Gasteiger partial charge in [0.25, 0.3) is 5.91 Å². The Morgan fingerprint density at radius 3 is 2.68 bits per heavy atom. The summed E-state index contributed by atoms with van der Waals surface area (Å²) in [5, 5.41) is 0.0203. The summed E-state index contributed by atoms with van der Waals surface area (Å²) in [6.07, 6.45) is 3.21. The summed E-state index contributed by atoms with van der Waals surface area (Å²) in [5.41, 5.74) is 0.533. The zero-order chi connectivity index (χ0) is 18.4. The molecule has 0 aliphatic rings. The normalized spacial score (nSPS) is 11.7. The molecular weight excluding hydrogens is 347 g/mol. The Morgan fingerprint density at radius 2 is 2.08 bits per heavy atom. The van der Waals surface area contributed by atoms with Gasteiger partial charge in [0.05, 0.1) is 23.6 Å². The van der Waals surface area contributed by atoms with E-state index in [4.69, 9.17) is 16.3 Å². The largest absolute Gasteiger partial charge is 0.469 e. The van der Waals surface area contributed by atoms with Crippen LogP contribution in [0.15, 0.2) is 42.7 Å². The number of hydrogen-bond donors (Lipinski definition) is 0. The lowest BCUT2D eigenvalue weighted by Gasteiger charge is -2.25. The number of halogens is 2. The second kappa shape index (κ2) is 8.58. The first-order valence-electron chi connectivity index (χ1n) is 7.64. The van der Waals surface area contributed by atoms with Gasteiger partial charge in [-0.3, -0.25) is 14.6 Å². The van der Waals surface area contributed by atoms with Gasteiger partial charge in [0.15, 0.2) is 0 Å². The number of aromatic nitrogens is 1. The third kappa shape index (κ3) is 4.76. The molecule has 2 rings (SSSR count). The fourth-order valence-corrected chi connectivity index (χ4v) is 2.64. The number of methoxy groups -OCH3 is 1. The number of carbonyl (C=O) groups is 2. The van der Waals surface area contributed by atoms with E-state index in [1.54, 1.807) is 31.5 Å². The van der Waals surface area contributed by atoms with Crippen molar-refractivity contribution in [1.82, 2.24) is 9.88 Å². The van der Waals surface area contributed by atoms with Gasteiger partial charge in [0, 0.05) is 25.5 Å². The summed E-state index contributed by atoms with van der Waals surface area (Å²) in [6.45, 7) is 1.86. The Labute approximate surface area is 150 Å². The molecule has 0 N–H and O–H groups in total. The molecule has 0 aliphatic carbocycles. The Kier molecular flexibility index (Phi) is 6.47. The minimum Gasteiger partial charge on any atom is -0.469 e. The van der Waals surface area contributed by atoms with E-state index in [0.717, 1.165) is 5.56 Å². The van der Waals surface area contributed by atoms with E-state index in [-0.39, 0.29) is 23.7 Å². The predicted octanol–water partition coefficient (Wildman–Crippen LogP) is 3.33. The molecule has 0 radical (unpaired) electrons. The van der Waals surface area contributed by atoms with Gasteiger partial charge in [-0.2, -0.15) is 0 Å². The van der Waals surface area contributed by atoms with Crippen LogP contribution in [-0.4, -0.2) is 35.4 Å². The molecule has 1 aromatic carbocycles. The van der Waals surface area contributed by atoms with E-state index in [1.807, 2.05) is 0 Å². The van der Waals surface area contributed by atoms with Crippen LogP contribution in [0.25, 0.3) is 0 Å². The number of hydrogen-bond acceptors (Lipinski definition) is 4. The summed E-state index contributed by atoms with van der Waals surface area (Å²) in [7, 11) is 1.28. The van der Waals surface area contributed by atoms with Crippen LogP contribution < -0.4 is 0 Å². The van der Waals surface area contributed by atoms with Gasteiger partial charge in [-0.15, -0.1) is 0 Å². The van der Waals surface area contributed by atoms with Gasteiger partial charge in [0.2, 0.25) is 0 Å². The maximum atomic E-state index is 14.1. The zero-order valence-electron chi connectivity index (χ0n) is 13.9. The summed E-state index contributed by atoms with van der Waals surface area (Å²) in [4.78, 5) is 30.0. The van der Waals surface area contributed by atoms with Crippen molar-refractivity contribution < 1.29 is 18.7 Å². The highest BCUT2D eigenvalue weighted by Crippen LogP contribution is 2.22. The average Bonchev–Trinajstić information content (AvgIpc) is 2.61. The third-order valence-electron chi connectivity index (χ3n) is 3.66. The molecule has 5 nitrogen and oxygen atoms in total.